The van der Waals surface area contributed by atoms with Crippen LogP contribution in [0.2, 0.25) is 20.1 Å². The van der Waals surface area contributed by atoms with Crippen LogP contribution in [0.3, 0.4) is 0 Å². The molecule has 9 nitrogen and oxygen atoms in total. The number of hydrogen-bond donors (Lipinski definition) is 5. The number of nitrogens with one attached hydrogen (secondary N) is 2. The smallest absolute Gasteiger partial charge is 0.320 e. The van der Waals surface area contributed by atoms with E-state index in [1.807, 2.05) is 0 Å². The van der Waals surface area contributed by atoms with Crippen molar-refractivity contribution in [3.63, 3.8) is 0 Å². The average Bonchev–Trinajstić information content (AvgIpc) is 2.79. The van der Waals surface area contributed by atoms with Crippen molar-refractivity contribution >= 4 is 75.7 Å². The van der Waals surface area contributed by atoms with Crippen molar-refractivity contribution in [2.75, 3.05) is 11.9 Å². The van der Waals surface area contributed by atoms with Crippen LogP contribution in [0.1, 0.15) is 35.2 Å². The molecule has 0 saturated carbocycles. The van der Waals surface area contributed by atoms with Crippen LogP contribution >= 0.6 is 46.4 Å². The van der Waals surface area contributed by atoms with Gasteiger partial charge in [0.1, 0.15) is 6.04 Å². The van der Waals surface area contributed by atoms with Gasteiger partial charge >= 0.3 is 5.97 Å². The van der Waals surface area contributed by atoms with Gasteiger partial charge in [0.25, 0.3) is 0 Å². The van der Waals surface area contributed by atoms with E-state index in [-0.39, 0.29) is 47.2 Å². The van der Waals surface area contributed by atoms with E-state index in [2.05, 4.69) is 5.32 Å². The number of benzene rings is 2. The van der Waals surface area contributed by atoms with Crippen LogP contribution in [0, 0.1) is 5.41 Å². The number of hydrogen-bond acceptors (Lipinski definition) is 6. The highest BCUT2D eigenvalue weighted by Gasteiger charge is 2.24. The van der Waals surface area contributed by atoms with Crippen molar-refractivity contribution in [2.24, 2.45) is 11.5 Å². The van der Waals surface area contributed by atoms with Gasteiger partial charge in [-0.05, 0) is 42.7 Å². The summed E-state index contributed by atoms with van der Waals surface area (Å²) in [6.45, 7) is 0.167. The summed E-state index contributed by atoms with van der Waals surface area (Å²) >= 11 is 24.5. The van der Waals surface area contributed by atoms with Crippen LogP contribution in [0.5, 0.6) is 0 Å². The fraction of sp³-hybridized carbons (Fsp3) is 0.273. The van der Waals surface area contributed by atoms with E-state index in [0.717, 1.165) is 10.5 Å². The van der Waals surface area contributed by atoms with E-state index in [1.165, 1.54) is 12.1 Å². The molecule has 0 saturated heterocycles. The molecule has 2 aromatic carbocycles. The maximum Gasteiger partial charge on any atom is 0.320 e. The molecule has 1 unspecified atom stereocenters. The van der Waals surface area contributed by atoms with Crippen LogP contribution < -0.4 is 16.8 Å². The van der Waals surface area contributed by atoms with E-state index in [0.29, 0.717) is 10.0 Å². The standard InChI is InChI=1S/C22H23Cl4N5O4/c23-13-5-3-11(8-15(13)25)10-30-20-12(4-6-14(24)19(20)26)17(32)9-18(33)31(22(28)29)7-1-2-16(27)21(34)35/h3-6,8,16,30H,1-2,7,9-10,27H2,(H3,28,29)(H,34,35). The van der Waals surface area contributed by atoms with Crippen LogP contribution in [0.25, 0.3) is 0 Å². The summed E-state index contributed by atoms with van der Waals surface area (Å²) in [5.74, 6) is -3.06. The van der Waals surface area contributed by atoms with Crippen LogP contribution in [0.4, 0.5) is 5.69 Å². The third-order valence-electron chi connectivity index (χ3n) is 4.97. The summed E-state index contributed by atoms with van der Waals surface area (Å²) in [5, 5.41) is 20.6. The van der Waals surface area contributed by atoms with Gasteiger partial charge in [-0.1, -0.05) is 52.5 Å². The Kier molecular flexibility index (Phi) is 10.6. The van der Waals surface area contributed by atoms with Crippen molar-refractivity contribution in [3.8, 4) is 0 Å². The highest BCUT2D eigenvalue weighted by Crippen LogP contribution is 2.34. The zero-order valence-electron chi connectivity index (χ0n) is 18.3. The SMILES string of the molecule is N=C(N)N(CCCC(N)C(=O)O)C(=O)CC(=O)c1ccc(Cl)c(Cl)c1NCc1ccc(Cl)c(Cl)c1. The minimum Gasteiger partial charge on any atom is -0.480 e. The minimum absolute atomic E-state index is 0.0633. The number of rotatable bonds is 11. The number of carbonyl (C=O) groups excluding carboxylic acids is 2. The predicted octanol–water partition coefficient (Wildman–Crippen LogP) is 4.40. The van der Waals surface area contributed by atoms with Crippen molar-refractivity contribution in [3.05, 3.63) is 61.5 Å². The summed E-state index contributed by atoms with van der Waals surface area (Å²) in [6.07, 6.45) is -0.365. The molecule has 0 aliphatic carbocycles. The van der Waals surface area contributed by atoms with Crippen LogP contribution in [0.15, 0.2) is 30.3 Å². The quantitative estimate of drug-likeness (QED) is 0.117. The van der Waals surface area contributed by atoms with Gasteiger partial charge in [0.15, 0.2) is 11.7 Å². The third kappa shape index (κ3) is 7.98. The number of nitrogens with zero attached hydrogens (tertiary/aromatic N) is 1. The number of halogens is 4. The summed E-state index contributed by atoms with van der Waals surface area (Å²) in [7, 11) is 0. The highest BCUT2D eigenvalue weighted by molar-refractivity contribution is 6.44. The van der Waals surface area contributed by atoms with Gasteiger partial charge in [-0.15, -0.1) is 0 Å². The Morgan fingerprint density at radius 2 is 1.71 bits per heavy atom. The molecule has 0 heterocycles. The molecule has 0 spiro atoms. The number of nitrogens with two attached hydrogens (primary N) is 2. The maximum atomic E-state index is 13.0. The number of carboxylic acid groups (broad SMARTS) is 1. The Morgan fingerprint density at radius 1 is 1.06 bits per heavy atom. The average molecular weight is 563 g/mol. The number of aliphatic carboxylic acids is 1. The zero-order valence-corrected chi connectivity index (χ0v) is 21.3. The molecule has 0 radical (unpaired) electrons. The maximum absolute atomic E-state index is 13.0. The van der Waals surface area contributed by atoms with Crippen molar-refractivity contribution in [2.45, 2.75) is 31.8 Å². The van der Waals surface area contributed by atoms with Gasteiger partial charge in [0.2, 0.25) is 5.91 Å². The Bertz CT molecular complexity index is 1150. The number of ketones is 1. The van der Waals surface area contributed by atoms with Gasteiger partial charge in [-0.25, -0.2) is 0 Å². The first kappa shape index (κ1) is 28.7. The van der Waals surface area contributed by atoms with Gasteiger partial charge in [0, 0.05) is 18.7 Å². The lowest BCUT2D eigenvalue weighted by molar-refractivity contribution is -0.138. The van der Waals surface area contributed by atoms with E-state index < -0.39 is 36.1 Å². The number of guanidine groups is 1. The van der Waals surface area contributed by atoms with Crippen molar-refractivity contribution in [1.29, 1.82) is 5.41 Å². The second-order valence-electron chi connectivity index (χ2n) is 7.50. The molecule has 2 rings (SSSR count). The van der Waals surface area contributed by atoms with Crippen LogP contribution in [-0.2, 0) is 16.1 Å². The largest absolute Gasteiger partial charge is 0.480 e. The molecule has 7 N–H and O–H groups in total. The summed E-state index contributed by atoms with van der Waals surface area (Å²) < 4.78 is 0. The predicted molar refractivity (Wildman–Crippen MR) is 138 cm³/mol. The topological polar surface area (TPSA) is 163 Å². The zero-order chi connectivity index (χ0) is 26.3. The van der Waals surface area contributed by atoms with Crippen molar-refractivity contribution in [1.82, 2.24) is 4.90 Å². The monoisotopic (exact) mass is 561 g/mol. The molecular formula is C22H23Cl4N5O4. The molecule has 1 amide bonds. The Labute approximate surface area is 221 Å². The second-order valence-corrected chi connectivity index (χ2v) is 9.10. The minimum atomic E-state index is -1.18. The lowest BCUT2D eigenvalue weighted by Gasteiger charge is -2.21. The van der Waals surface area contributed by atoms with Gasteiger partial charge in [-0.3, -0.25) is 24.7 Å². The molecule has 13 heteroatoms. The van der Waals surface area contributed by atoms with E-state index in [9.17, 15) is 14.4 Å². The first-order valence-corrected chi connectivity index (χ1v) is 11.7. The van der Waals surface area contributed by atoms with E-state index >= 15 is 0 Å². The highest BCUT2D eigenvalue weighted by atomic mass is 35.5. The Hall–Kier alpha value is -2.56. The lowest BCUT2D eigenvalue weighted by Crippen LogP contribution is -2.43. The van der Waals surface area contributed by atoms with Crippen LogP contribution in [-0.4, -0.2) is 46.2 Å². The van der Waals surface area contributed by atoms with Crippen molar-refractivity contribution < 1.29 is 19.5 Å². The van der Waals surface area contributed by atoms with Gasteiger partial charge < -0.3 is 21.9 Å². The summed E-state index contributed by atoms with van der Waals surface area (Å²) in [6, 6.07) is 6.78. The summed E-state index contributed by atoms with van der Waals surface area (Å²) in [4.78, 5) is 37.5. The van der Waals surface area contributed by atoms with Gasteiger partial charge in [-0.2, -0.15) is 0 Å². The Morgan fingerprint density at radius 3 is 2.31 bits per heavy atom. The molecule has 2 aromatic rings. The Balaban J connectivity index is 2.16. The molecule has 1 atom stereocenters. The number of carboxylic acids is 1. The fourth-order valence-electron chi connectivity index (χ4n) is 3.10. The molecule has 0 aliphatic heterocycles. The second kappa shape index (κ2) is 12.9. The number of anilines is 1. The molecule has 0 bridgehead atoms. The number of carbonyl (C=O) groups is 3. The number of Topliss-reactive ketones (excluding diaryl/α,β-unsaturated/α-hetero) is 1. The lowest BCUT2D eigenvalue weighted by atomic mass is 10.0. The molecule has 0 fully saturated rings. The number of amides is 1. The first-order valence-electron chi connectivity index (χ1n) is 10.2. The fourth-order valence-corrected chi connectivity index (χ4v) is 3.81. The molecule has 0 aliphatic rings. The molecular weight excluding hydrogens is 540 g/mol. The molecule has 0 aromatic heterocycles. The van der Waals surface area contributed by atoms with Gasteiger partial charge in [0.05, 0.1) is 32.2 Å². The third-order valence-corrected chi connectivity index (χ3v) is 6.51. The van der Waals surface area contributed by atoms with E-state index in [4.69, 9.17) is 68.4 Å². The summed E-state index contributed by atoms with van der Waals surface area (Å²) in [5.41, 5.74) is 12.0. The normalized spacial score (nSPS) is 11.6. The van der Waals surface area contributed by atoms with E-state index in [1.54, 1.807) is 18.2 Å². The molecule has 188 valence electrons. The first-order chi connectivity index (χ1) is 16.4. The molecule has 35 heavy (non-hydrogen) atoms.